The molecule has 4 saturated heterocycles. The minimum Gasteiger partial charge on any atom is -0.480 e. The monoisotopic (exact) mass is 454 g/mol. The van der Waals surface area contributed by atoms with Crippen LogP contribution in [0, 0.1) is 0 Å². The minimum atomic E-state index is -0.955. The van der Waals surface area contributed by atoms with E-state index in [2.05, 4.69) is 21.7 Å². The molecule has 4 aliphatic rings. The topological polar surface area (TPSA) is 93.5 Å². The number of carbonyl (C=O) groups is 3. The fourth-order valence-electron chi connectivity index (χ4n) is 4.92. The van der Waals surface area contributed by atoms with Crippen molar-refractivity contribution < 1.29 is 19.5 Å². The van der Waals surface area contributed by atoms with E-state index in [4.69, 9.17) is 0 Å². The third-order valence-electron chi connectivity index (χ3n) is 6.61. The molecule has 2 amide bonds. The van der Waals surface area contributed by atoms with E-state index >= 15 is 0 Å². The summed E-state index contributed by atoms with van der Waals surface area (Å²) in [6.45, 7) is 8.33. The van der Waals surface area contributed by atoms with E-state index in [0.717, 1.165) is 45.3 Å². The molecule has 0 aromatic rings. The van der Waals surface area contributed by atoms with Gasteiger partial charge in [-0.05, 0) is 33.1 Å². The van der Waals surface area contributed by atoms with Crippen LogP contribution in [0.15, 0.2) is 4.99 Å². The number of aliphatic imine (C=N–C) groups is 1. The molecule has 4 aliphatic heterocycles. The Morgan fingerprint density at radius 1 is 1.30 bits per heavy atom. The highest BCUT2D eigenvalue weighted by molar-refractivity contribution is 8.02. The quantitative estimate of drug-likeness (QED) is 0.371. The highest BCUT2D eigenvalue weighted by atomic mass is 32.2. The molecule has 0 saturated carbocycles. The lowest BCUT2D eigenvalue weighted by Crippen LogP contribution is -2.65. The Labute approximate surface area is 185 Å². The first-order valence-corrected chi connectivity index (χ1v) is 12.5. The third-order valence-corrected chi connectivity index (χ3v) is 9.72. The average molecular weight is 455 g/mol. The first-order chi connectivity index (χ1) is 14.2. The number of hydrogen-bond donors (Lipinski definition) is 1. The van der Waals surface area contributed by atoms with Gasteiger partial charge in [-0.15, -0.1) is 23.5 Å². The number of fused-ring (bicyclic) bond motifs is 1. The third kappa shape index (κ3) is 3.49. The molecule has 10 heteroatoms. The number of nitrogens with zero attached hydrogens (tertiary/aromatic N) is 4. The Balaban J connectivity index is 1.36. The summed E-state index contributed by atoms with van der Waals surface area (Å²) in [7, 11) is 0. The zero-order chi connectivity index (χ0) is 21.7. The predicted molar refractivity (Wildman–Crippen MR) is 119 cm³/mol. The zero-order valence-corrected chi connectivity index (χ0v) is 19.4. The Morgan fingerprint density at radius 3 is 2.63 bits per heavy atom. The highest BCUT2D eigenvalue weighted by Gasteiger charge is 2.64. The van der Waals surface area contributed by atoms with E-state index in [1.165, 1.54) is 16.7 Å². The first-order valence-electron chi connectivity index (χ1n) is 10.6. The molecule has 30 heavy (non-hydrogen) atoms. The Kier molecular flexibility index (Phi) is 5.76. The second kappa shape index (κ2) is 7.93. The molecule has 3 atom stereocenters. The number of hydrogen-bond acceptors (Lipinski definition) is 6. The molecule has 0 aromatic carbocycles. The lowest BCUT2D eigenvalue weighted by molar-refractivity contribution is -0.158. The van der Waals surface area contributed by atoms with Crippen LogP contribution >= 0.6 is 23.5 Å². The molecule has 4 heterocycles. The summed E-state index contributed by atoms with van der Waals surface area (Å²) in [5, 5.41) is 9.32. The normalized spacial score (nSPS) is 32.2. The Bertz CT molecular complexity index is 766. The standard InChI is InChI=1S/C20H30N4O4S2/c1-4-5-8-23-13(25)11-29-20(23)6-9-22(10-7-20)12-21-14-16(26)24-15(18(27)28)19(2,3)30-17(14)24/h12,14-15,17H,4-11H2,1-3H3,(H,27,28)/t14-,15+,17-/m1/s1. The van der Waals surface area contributed by atoms with Crippen molar-refractivity contribution in [3.63, 3.8) is 0 Å². The summed E-state index contributed by atoms with van der Waals surface area (Å²) in [6, 6.07) is -1.30. The lowest BCUT2D eigenvalue weighted by Gasteiger charge is -2.44. The number of rotatable bonds is 6. The van der Waals surface area contributed by atoms with Gasteiger partial charge in [0.05, 0.1) is 17.0 Å². The molecular weight excluding hydrogens is 424 g/mol. The number of likely N-dealkylation sites (tertiary alicyclic amines) is 1. The molecule has 1 N–H and O–H groups in total. The maximum Gasteiger partial charge on any atom is 0.327 e. The molecule has 0 unspecified atom stereocenters. The van der Waals surface area contributed by atoms with Gasteiger partial charge >= 0.3 is 5.97 Å². The zero-order valence-electron chi connectivity index (χ0n) is 17.7. The summed E-state index contributed by atoms with van der Waals surface area (Å²) < 4.78 is -0.526. The van der Waals surface area contributed by atoms with Crippen LogP contribution in [-0.2, 0) is 14.4 Å². The number of β-lactam (4-membered cyclic amide) rings is 1. The van der Waals surface area contributed by atoms with Crippen LogP contribution in [0.4, 0.5) is 0 Å². The first kappa shape index (κ1) is 21.8. The van der Waals surface area contributed by atoms with E-state index < -0.39 is 22.8 Å². The summed E-state index contributed by atoms with van der Waals surface area (Å²) in [5.41, 5.74) is 0. The number of carboxylic acid groups (broad SMARTS) is 1. The minimum absolute atomic E-state index is 0.0836. The number of carboxylic acids is 1. The number of unbranched alkanes of at least 4 members (excludes halogenated alkanes) is 1. The van der Waals surface area contributed by atoms with E-state index in [9.17, 15) is 19.5 Å². The van der Waals surface area contributed by atoms with E-state index in [0.29, 0.717) is 5.75 Å². The van der Waals surface area contributed by atoms with Crippen LogP contribution in [-0.4, -0.2) is 96.4 Å². The van der Waals surface area contributed by atoms with Gasteiger partial charge in [-0.2, -0.15) is 0 Å². The van der Waals surface area contributed by atoms with Gasteiger partial charge in [0.1, 0.15) is 11.4 Å². The van der Waals surface area contributed by atoms with Crippen LogP contribution in [0.2, 0.25) is 0 Å². The van der Waals surface area contributed by atoms with Crippen LogP contribution in [0.25, 0.3) is 0 Å². The van der Waals surface area contributed by atoms with Gasteiger partial charge < -0.3 is 19.8 Å². The number of thioether (sulfide) groups is 2. The molecule has 4 fully saturated rings. The largest absolute Gasteiger partial charge is 0.480 e. The number of amides is 2. The Hall–Kier alpha value is -1.42. The van der Waals surface area contributed by atoms with Crippen molar-refractivity contribution >= 4 is 47.6 Å². The predicted octanol–water partition coefficient (Wildman–Crippen LogP) is 1.70. The second-order valence-corrected chi connectivity index (χ2v) is 12.1. The highest BCUT2D eigenvalue weighted by Crippen LogP contribution is 2.51. The lowest BCUT2D eigenvalue weighted by atomic mass is 9.96. The van der Waals surface area contributed by atoms with Crippen molar-refractivity contribution in [2.75, 3.05) is 25.4 Å². The smallest absolute Gasteiger partial charge is 0.327 e. The summed E-state index contributed by atoms with van der Waals surface area (Å²) in [6.07, 6.45) is 5.68. The maximum absolute atomic E-state index is 12.6. The number of carbonyl (C=O) groups excluding carboxylic acids is 2. The molecule has 1 spiro atoms. The van der Waals surface area contributed by atoms with Crippen molar-refractivity contribution in [1.82, 2.24) is 14.7 Å². The van der Waals surface area contributed by atoms with Crippen molar-refractivity contribution in [3.05, 3.63) is 0 Å². The van der Waals surface area contributed by atoms with Crippen molar-refractivity contribution in [3.8, 4) is 0 Å². The molecule has 0 aliphatic carbocycles. The maximum atomic E-state index is 12.6. The molecule has 0 aromatic heterocycles. The molecule has 8 nitrogen and oxygen atoms in total. The van der Waals surface area contributed by atoms with Gasteiger partial charge in [0.2, 0.25) is 5.91 Å². The molecular formula is C20H30N4O4S2. The molecule has 0 bridgehead atoms. The van der Waals surface area contributed by atoms with E-state index in [1.807, 2.05) is 13.8 Å². The fourth-order valence-corrected chi connectivity index (χ4v) is 7.91. The van der Waals surface area contributed by atoms with Gasteiger partial charge in [0.15, 0.2) is 6.04 Å². The molecule has 0 radical (unpaired) electrons. The number of aliphatic carboxylic acids is 1. The van der Waals surface area contributed by atoms with Gasteiger partial charge in [0.25, 0.3) is 5.91 Å². The summed E-state index contributed by atoms with van der Waals surface area (Å²) >= 11 is 3.30. The second-order valence-electron chi connectivity index (χ2n) is 8.98. The van der Waals surface area contributed by atoms with E-state index in [1.54, 1.807) is 18.1 Å². The van der Waals surface area contributed by atoms with Gasteiger partial charge in [-0.1, -0.05) is 13.3 Å². The van der Waals surface area contributed by atoms with Crippen LogP contribution < -0.4 is 0 Å². The average Bonchev–Trinajstić information content (AvgIpc) is 3.13. The van der Waals surface area contributed by atoms with Crippen LogP contribution in [0.5, 0.6) is 0 Å². The van der Waals surface area contributed by atoms with E-state index in [-0.39, 0.29) is 22.1 Å². The summed E-state index contributed by atoms with van der Waals surface area (Å²) in [5.74, 6) is -0.324. The fraction of sp³-hybridized carbons (Fsp3) is 0.800. The van der Waals surface area contributed by atoms with Crippen molar-refractivity contribution in [2.24, 2.45) is 4.99 Å². The van der Waals surface area contributed by atoms with Crippen molar-refractivity contribution in [1.29, 1.82) is 0 Å². The van der Waals surface area contributed by atoms with Gasteiger partial charge in [-0.25, -0.2) is 4.79 Å². The number of piperidine rings is 1. The molecule has 4 rings (SSSR count). The molecule has 166 valence electrons. The SMILES string of the molecule is CCCCN1C(=O)CSC12CCN(C=N[C@@H]1C(=O)N3[C@@H]1SC(C)(C)[C@@H]3C(=O)O)CC2. The van der Waals surface area contributed by atoms with Crippen molar-refractivity contribution in [2.45, 2.75) is 73.5 Å². The van der Waals surface area contributed by atoms with Crippen LogP contribution in [0.3, 0.4) is 0 Å². The van der Waals surface area contributed by atoms with Gasteiger partial charge in [-0.3, -0.25) is 14.6 Å². The van der Waals surface area contributed by atoms with Crippen LogP contribution in [0.1, 0.15) is 46.5 Å². The summed E-state index contributed by atoms with van der Waals surface area (Å²) in [4.78, 5) is 46.7. The Morgan fingerprint density at radius 2 is 2.00 bits per heavy atom. The van der Waals surface area contributed by atoms with Gasteiger partial charge in [0, 0.05) is 24.4 Å².